The molecule has 3 atom stereocenters. The molecule has 1 rings (SSSR count). The number of nitrogens with one attached hydrogen (secondary N) is 1. The predicted molar refractivity (Wildman–Crippen MR) is 141 cm³/mol. The lowest BCUT2D eigenvalue weighted by Crippen LogP contribution is -2.58. The van der Waals surface area contributed by atoms with Crippen molar-refractivity contribution in [1.29, 1.82) is 0 Å². The van der Waals surface area contributed by atoms with E-state index in [0.29, 0.717) is 29.6 Å². The van der Waals surface area contributed by atoms with Crippen molar-refractivity contribution < 1.29 is 32.4 Å². The zero-order valence-electron chi connectivity index (χ0n) is 22.8. The smallest absolute Gasteiger partial charge is 0.341 e. The Bertz CT molecular complexity index is 748. The highest BCUT2D eigenvalue weighted by Crippen LogP contribution is 2.48. The van der Waals surface area contributed by atoms with Crippen molar-refractivity contribution in [2.45, 2.75) is 110 Å². The van der Waals surface area contributed by atoms with Gasteiger partial charge in [0.15, 0.2) is 11.9 Å². The molecule has 1 saturated carbocycles. The Morgan fingerprint density at radius 3 is 2.11 bits per heavy atom. The van der Waals surface area contributed by atoms with Gasteiger partial charge in [0.25, 0.3) is 0 Å². The maximum atomic E-state index is 13.0. The lowest BCUT2D eigenvalue weighted by molar-refractivity contribution is -0.157. The molecular weight excluding hydrogens is 485 g/mol. The van der Waals surface area contributed by atoms with Crippen LogP contribution in [0.5, 0.6) is 0 Å². The van der Waals surface area contributed by atoms with Gasteiger partial charge in [0.2, 0.25) is 8.32 Å². The van der Waals surface area contributed by atoms with Gasteiger partial charge < -0.3 is 23.5 Å². The van der Waals surface area contributed by atoms with Crippen molar-refractivity contribution in [3.05, 3.63) is 0 Å². The summed E-state index contributed by atoms with van der Waals surface area (Å²) in [5.41, 5.74) is 1.07. The van der Waals surface area contributed by atoms with Crippen LogP contribution >= 0.6 is 7.60 Å². The molecule has 1 fully saturated rings. The number of terminal acetylenes is 1. The van der Waals surface area contributed by atoms with Crippen LogP contribution in [0.25, 0.3) is 0 Å². The second-order valence-electron chi connectivity index (χ2n) is 9.98. The summed E-state index contributed by atoms with van der Waals surface area (Å²) in [5.74, 6) is 1.65. The Morgan fingerprint density at radius 2 is 1.66 bits per heavy atom. The molecule has 0 saturated heterocycles. The Morgan fingerprint density at radius 1 is 1.11 bits per heavy atom. The van der Waals surface area contributed by atoms with Crippen LogP contribution < -0.4 is 5.32 Å². The summed E-state index contributed by atoms with van der Waals surface area (Å²) in [6, 6.07) is -0.216. The monoisotopic (exact) mass is 531 g/mol. The third kappa shape index (κ3) is 8.80. The normalized spacial score (nSPS) is 21.5. The van der Waals surface area contributed by atoms with Crippen molar-refractivity contribution in [2.24, 2.45) is 0 Å². The van der Waals surface area contributed by atoms with Gasteiger partial charge in [-0.15, -0.1) is 12.3 Å². The summed E-state index contributed by atoms with van der Waals surface area (Å²) in [6.07, 6.45) is 4.56. The highest BCUT2D eigenvalue weighted by atomic mass is 31.2. The number of hydrogen-bond donors (Lipinski definition) is 1. The molecule has 0 aromatic rings. The van der Waals surface area contributed by atoms with Crippen LogP contribution in [0.15, 0.2) is 0 Å². The first-order valence-corrected chi connectivity index (χ1v) is 16.7. The summed E-state index contributed by atoms with van der Waals surface area (Å²) in [7, 11) is -5.89. The van der Waals surface area contributed by atoms with Gasteiger partial charge >= 0.3 is 13.6 Å². The van der Waals surface area contributed by atoms with Crippen LogP contribution in [-0.4, -0.2) is 64.2 Å². The number of esters is 1. The van der Waals surface area contributed by atoms with E-state index in [1.165, 1.54) is 0 Å². The van der Waals surface area contributed by atoms with Gasteiger partial charge in [-0.2, -0.15) is 0 Å². The molecule has 1 N–H and O–H groups in total. The van der Waals surface area contributed by atoms with Gasteiger partial charge in [0, 0.05) is 31.8 Å². The molecule has 0 heterocycles. The highest BCUT2D eigenvalue weighted by Gasteiger charge is 2.50. The summed E-state index contributed by atoms with van der Waals surface area (Å²) in [6.45, 7) is 17.4. The summed E-state index contributed by atoms with van der Waals surface area (Å²) < 4.78 is 35.7. The molecule has 0 unspecified atom stereocenters. The van der Waals surface area contributed by atoms with E-state index >= 15 is 0 Å². The van der Waals surface area contributed by atoms with Crippen LogP contribution in [0.3, 0.4) is 0 Å². The SMILES string of the molecule is C#CCCN[C@H]1CC(=O)[C@@H](OC(=O)CP(=O)(OCC)OCC)C[C@@H]1O[Si](C(C)C)(C(C)C)C(C)C. The number of Topliss-reactive ketones (excluding diaryl/α,β-unsaturated/α-hetero) is 1. The molecule has 0 radical (unpaired) electrons. The van der Waals surface area contributed by atoms with Crippen molar-refractivity contribution in [3.8, 4) is 12.3 Å². The number of rotatable bonds is 15. The zero-order chi connectivity index (χ0) is 26.8. The highest BCUT2D eigenvalue weighted by molar-refractivity contribution is 7.54. The van der Waals surface area contributed by atoms with Gasteiger partial charge in [-0.25, -0.2) is 0 Å². The number of carbonyl (C=O) groups excluding carboxylic acids is 2. The molecule has 1 aliphatic carbocycles. The van der Waals surface area contributed by atoms with Gasteiger partial charge in [-0.05, 0) is 30.5 Å². The second kappa shape index (κ2) is 14.7. The van der Waals surface area contributed by atoms with Crippen molar-refractivity contribution in [1.82, 2.24) is 5.32 Å². The van der Waals surface area contributed by atoms with E-state index in [9.17, 15) is 14.2 Å². The molecule has 0 aliphatic heterocycles. The number of carbonyl (C=O) groups is 2. The number of ketones is 1. The van der Waals surface area contributed by atoms with Crippen LogP contribution in [0.2, 0.25) is 16.6 Å². The summed E-state index contributed by atoms with van der Waals surface area (Å²) >= 11 is 0. The first kappa shape index (κ1) is 32.0. The topological polar surface area (TPSA) is 100 Å². The van der Waals surface area contributed by atoms with Crippen LogP contribution in [0.1, 0.15) is 74.7 Å². The first-order valence-electron chi connectivity index (χ1n) is 12.8. The maximum absolute atomic E-state index is 13.0. The molecule has 35 heavy (non-hydrogen) atoms. The van der Waals surface area contributed by atoms with Crippen LogP contribution in [0.4, 0.5) is 0 Å². The van der Waals surface area contributed by atoms with Crippen molar-refractivity contribution >= 4 is 27.7 Å². The Kier molecular flexibility index (Phi) is 13.4. The van der Waals surface area contributed by atoms with E-state index in [2.05, 4.69) is 52.8 Å². The van der Waals surface area contributed by atoms with Gasteiger partial charge in [-0.1, -0.05) is 41.5 Å². The minimum Gasteiger partial charge on any atom is -0.454 e. The lowest BCUT2D eigenvalue weighted by Gasteiger charge is -2.47. The molecule has 0 aromatic carbocycles. The number of ether oxygens (including phenoxy) is 1. The maximum Gasteiger partial charge on any atom is 0.341 e. The molecule has 0 spiro atoms. The Balaban J connectivity index is 3.14. The third-order valence-corrected chi connectivity index (χ3v) is 14.7. The van der Waals surface area contributed by atoms with E-state index in [0.717, 1.165) is 0 Å². The molecular formula is C25H46NO7PSi. The summed E-state index contributed by atoms with van der Waals surface area (Å²) in [4.78, 5) is 25.6. The molecule has 8 nitrogen and oxygen atoms in total. The number of hydrogen-bond acceptors (Lipinski definition) is 8. The average Bonchev–Trinajstić information content (AvgIpc) is 2.73. The van der Waals surface area contributed by atoms with E-state index in [1.807, 2.05) is 0 Å². The van der Waals surface area contributed by atoms with Crippen molar-refractivity contribution in [2.75, 3.05) is 25.9 Å². The van der Waals surface area contributed by atoms with Crippen LogP contribution in [-0.2, 0) is 32.4 Å². The molecule has 0 bridgehead atoms. The predicted octanol–water partition coefficient (Wildman–Crippen LogP) is 5.07. The van der Waals surface area contributed by atoms with E-state index in [4.69, 9.17) is 24.6 Å². The zero-order valence-corrected chi connectivity index (χ0v) is 24.7. The van der Waals surface area contributed by atoms with E-state index < -0.39 is 34.1 Å². The average molecular weight is 532 g/mol. The van der Waals surface area contributed by atoms with Gasteiger partial charge in [0.05, 0.1) is 19.3 Å². The third-order valence-electron chi connectivity index (χ3n) is 6.66. The molecule has 0 aromatic heterocycles. The minimum atomic E-state index is -3.62. The fourth-order valence-corrected chi connectivity index (χ4v) is 12.3. The minimum absolute atomic E-state index is 0.139. The first-order chi connectivity index (χ1) is 16.4. The Labute approximate surface area is 213 Å². The standard InChI is InChI=1S/C25H46NO7PSi/c1-10-13-14-26-21-15-22(27)24(32-25(28)17-34(29,30-11-2)31-12-3)16-23(21)33-35(18(4)5,19(6)7)20(8)9/h1,18-21,23-24,26H,11-17H2,2-9H3/t21-,23-,24-/m0/s1. The van der Waals surface area contributed by atoms with Gasteiger partial charge in [-0.3, -0.25) is 14.2 Å². The molecule has 0 amide bonds. The van der Waals surface area contributed by atoms with Gasteiger partial charge in [0.1, 0.15) is 6.16 Å². The quantitative estimate of drug-likeness (QED) is 0.103. The fraction of sp³-hybridized carbons (Fsp3) is 0.840. The second-order valence-corrected chi connectivity index (χ2v) is 17.4. The van der Waals surface area contributed by atoms with E-state index in [1.54, 1.807) is 13.8 Å². The van der Waals surface area contributed by atoms with E-state index in [-0.39, 0.29) is 44.0 Å². The fourth-order valence-electron chi connectivity index (χ4n) is 5.31. The van der Waals surface area contributed by atoms with Crippen molar-refractivity contribution in [3.63, 3.8) is 0 Å². The largest absolute Gasteiger partial charge is 0.454 e. The molecule has 1 aliphatic rings. The van der Waals surface area contributed by atoms with Crippen LogP contribution in [0, 0.1) is 12.3 Å². The Hall–Kier alpha value is -1.01. The molecule has 202 valence electrons. The lowest BCUT2D eigenvalue weighted by atomic mass is 9.89. The summed E-state index contributed by atoms with van der Waals surface area (Å²) in [5, 5.41) is 3.40. The molecule has 10 heteroatoms.